The molecule has 1 aromatic heterocycles. The predicted molar refractivity (Wildman–Crippen MR) is 75.1 cm³/mol. The van der Waals surface area contributed by atoms with Gasteiger partial charge in [0.05, 0.1) is 0 Å². The molecule has 1 fully saturated rings. The van der Waals surface area contributed by atoms with Crippen molar-refractivity contribution in [2.24, 2.45) is 0 Å². The van der Waals surface area contributed by atoms with Crippen LogP contribution in [0.15, 0.2) is 24.9 Å². The van der Waals surface area contributed by atoms with Crippen molar-refractivity contribution in [3.63, 3.8) is 0 Å². The number of amides is 1. The highest BCUT2D eigenvalue weighted by Gasteiger charge is 2.15. The molecule has 1 heterocycles. The normalized spacial score (nSPS) is 15.8. The van der Waals surface area contributed by atoms with Crippen LogP contribution >= 0.6 is 0 Å². The first-order chi connectivity index (χ1) is 9.29. The monoisotopic (exact) mass is 260 g/mol. The Labute approximate surface area is 113 Å². The zero-order valence-electron chi connectivity index (χ0n) is 11.1. The zero-order chi connectivity index (χ0) is 13.5. The number of nitrogens with zero attached hydrogens (tertiary/aromatic N) is 2. The minimum absolute atomic E-state index is 0.200. The van der Waals surface area contributed by atoms with E-state index in [1.807, 2.05) is 0 Å². The first-order valence-corrected chi connectivity index (χ1v) is 6.78. The summed E-state index contributed by atoms with van der Waals surface area (Å²) >= 11 is 0. The van der Waals surface area contributed by atoms with Crippen LogP contribution in [0.2, 0.25) is 0 Å². The van der Waals surface area contributed by atoms with Crippen LogP contribution in [0.5, 0.6) is 0 Å². The lowest BCUT2D eigenvalue weighted by Gasteiger charge is -2.22. The summed E-state index contributed by atoms with van der Waals surface area (Å²) in [7, 11) is 0. The van der Waals surface area contributed by atoms with Crippen LogP contribution in [0.1, 0.15) is 42.6 Å². The second kappa shape index (κ2) is 6.87. The molecule has 0 aromatic carbocycles. The van der Waals surface area contributed by atoms with Gasteiger partial charge in [-0.2, -0.15) is 0 Å². The minimum Gasteiger partial charge on any atom is -0.351 e. The van der Waals surface area contributed by atoms with Crippen molar-refractivity contribution in [3.05, 3.63) is 30.6 Å². The molecule has 1 aromatic rings. The number of anilines is 1. The van der Waals surface area contributed by atoms with E-state index in [9.17, 15) is 4.79 Å². The number of carbonyl (C=O) groups is 1. The third-order valence-electron chi connectivity index (χ3n) is 3.23. The molecule has 2 N–H and O–H groups in total. The Morgan fingerprint density at radius 1 is 1.42 bits per heavy atom. The molecule has 0 spiro atoms. The first-order valence-electron chi connectivity index (χ1n) is 6.78. The van der Waals surface area contributed by atoms with Crippen molar-refractivity contribution in [2.45, 2.75) is 38.1 Å². The Bertz CT molecular complexity index is 441. The minimum atomic E-state index is -0.200. The first kappa shape index (κ1) is 13.5. The summed E-state index contributed by atoms with van der Waals surface area (Å²) in [6.45, 7) is 4.00. The molecule has 0 unspecified atom stereocenters. The van der Waals surface area contributed by atoms with Gasteiger partial charge >= 0.3 is 0 Å². The number of aromatic nitrogens is 2. The van der Waals surface area contributed by atoms with Crippen LogP contribution in [-0.4, -0.2) is 28.5 Å². The Hall–Kier alpha value is -1.91. The molecule has 0 atom stereocenters. The summed E-state index contributed by atoms with van der Waals surface area (Å²) in [4.78, 5) is 20.2. The van der Waals surface area contributed by atoms with Gasteiger partial charge in [-0.1, -0.05) is 25.3 Å². The third-order valence-corrected chi connectivity index (χ3v) is 3.23. The molecule has 0 saturated heterocycles. The van der Waals surface area contributed by atoms with Crippen LogP contribution in [-0.2, 0) is 0 Å². The van der Waals surface area contributed by atoms with Crippen molar-refractivity contribution < 1.29 is 4.79 Å². The van der Waals surface area contributed by atoms with Gasteiger partial charge in [-0.05, 0) is 18.9 Å². The van der Waals surface area contributed by atoms with Crippen LogP contribution in [0.4, 0.5) is 5.95 Å². The van der Waals surface area contributed by atoms with Gasteiger partial charge in [0.15, 0.2) is 0 Å². The van der Waals surface area contributed by atoms with E-state index in [2.05, 4.69) is 27.2 Å². The number of rotatable bonds is 5. The van der Waals surface area contributed by atoms with Gasteiger partial charge in [-0.25, -0.2) is 9.97 Å². The lowest BCUT2D eigenvalue weighted by Crippen LogP contribution is -2.26. The van der Waals surface area contributed by atoms with Gasteiger partial charge in [0.1, 0.15) is 5.69 Å². The molecule has 102 valence electrons. The number of nitrogens with one attached hydrogen (secondary N) is 2. The largest absolute Gasteiger partial charge is 0.351 e. The van der Waals surface area contributed by atoms with Gasteiger partial charge in [-0.3, -0.25) is 4.79 Å². The molecular formula is C14H20N4O. The Morgan fingerprint density at radius 3 is 2.95 bits per heavy atom. The molecule has 0 radical (unpaired) electrons. The summed E-state index contributed by atoms with van der Waals surface area (Å²) in [6, 6.07) is 2.05. The molecule has 1 aliphatic carbocycles. The fraction of sp³-hybridized carbons (Fsp3) is 0.500. The Kier molecular flexibility index (Phi) is 4.89. The average Bonchev–Trinajstić information content (AvgIpc) is 2.46. The van der Waals surface area contributed by atoms with Crippen LogP contribution in [0.3, 0.4) is 0 Å². The molecule has 19 heavy (non-hydrogen) atoms. The molecule has 5 nitrogen and oxygen atoms in total. The maximum Gasteiger partial charge on any atom is 0.270 e. The van der Waals surface area contributed by atoms with E-state index >= 15 is 0 Å². The van der Waals surface area contributed by atoms with Crippen molar-refractivity contribution in [3.8, 4) is 0 Å². The van der Waals surface area contributed by atoms with Crippen LogP contribution in [0, 0.1) is 0 Å². The second-order valence-corrected chi connectivity index (χ2v) is 4.74. The molecule has 1 aliphatic rings. The Balaban J connectivity index is 1.97. The molecule has 1 amide bonds. The smallest absolute Gasteiger partial charge is 0.270 e. The molecule has 0 aliphatic heterocycles. The summed E-state index contributed by atoms with van der Waals surface area (Å²) in [5, 5.41) is 6.01. The highest BCUT2D eigenvalue weighted by molar-refractivity contribution is 5.92. The predicted octanol–water partition coefficient (Wildman–Crippen LogP) is 2.14. The van der Waals surface area contributed by atoms with E-state index in [4.69, 9.17) is 0 Å². The topological polar surface area (TPSA) is 66.9 Å². The average molecular weight is 260 g/mol. The fourth-order valence-electron chi connectivity index (χ4n) is 2.24. The van der Waals surface area contributed by atoms with E-state index in [1.165, 1.54) is 19.3 Å². The van der Waals surface area contributed by atoms with E-state index in [0.717, 1.165) is 12.8 Å². The summed E-state index contributed by atoms with van der Waals surface area (Å²) in [5.41, 5.74) is 0.384. The highest BCUT2D eigenvalue weighted by atomic mass is 16.1. The number of hydrogen-bond donors (Lipinski definition) is 2. The van der Waals surface area contributed by atoms with Crippen molar-refractivity contribution >= 4 is 11.9 Å². The third kappa shape index (κ3) is 4.05. The number of hydrogen-bond acceptors (Lipinski definition) is 4. The maximum atomic E-state index is 11.8. The van der Waals surface area contributed by atoms with E-state index in [-0.39, 0.29) is 5.91 Å². The van der Waals surface area contributed by atoms with E-state index in [1.54, 1.807) is 18.3 Å². The van der Waals surface area contributed by atoms with Crippen molar-refractivity contribution in [1.82, 2.24) is 15.3 Å². The van der Waals surface area contributed by atoms with Gasteiger partial charge < -0.3 is 10.6 Å². The van der Waals surface area contributed by atoms with Gasteiger partial charge in [0, 0.05) is 18.8 Å². The van der Waals surface area contributed by atoms with Gasteiger partial charge in [0.2, 0.25) is 5.95 Å². The maximum absolute atomic E-state index is 11.8. The van der Waals surface area contributed by atoms with Gasteiger partial charge in [0.25, 0.3) is 5.91 Å². The van der Waals surface area contributed by atoms with Crippen molar-refractivity contribution in [2.75, 3.05) is 11.9 Å². The van der Waals surface area contributed by atoms with E-state index < -0.39 is 0 Å². The lowest BCUT2D eigenvalue weighted by atomic mass is 9.96. The molecule has 1 saturated carbocycles. The summed E-state index contributed by atoms with van der Waals surface area (Å²) in [5.74, 6) is 0.340. The molecule has 5 heteroatoms. The highest BCUT2D eigenvalue weighted by Crippen LogP contribution is 2.20. The van der Waals surface area contributed by atoms with E-state index in [0.29, 0.717) is 24.2 Å². The van der Waals surface area contributed by atoms with Crippen LogP contribution in [0.25, 0.3) is 0 Å². The van der Waals surface area contributed by atoms with Gasteiger partial charge in [-0.15, -0.1) is 6.58 Å². The zero-order valence-corrected chi connectivity index (χ0v) is 11.1. The quantitative estimate of drug-likeness (QED) is 0.796. The van der Waals surface area contributed by atoms with Crippen LogP contribution < -0.4 is 10.6 Å². The molecular weight excluding hydrogens is 240 g/mol. The molecule has 2 rings (SSSR count). The second-order valence-electron chi connectivity index (χ2n) is 4.74. The molecule has 0 bridgehead atoms. The SMILES string of the molecule is C=CCNC(=O)c1ccnc(NC2CCCCC2)n1. The Morgan fingerprint density at radius 2 is 2.21 bits per heavy atom. The summed E-state index contributed by atoms with van der Waals surface area (Å²) < 4.78 is 0. The fourth-order valence-corrected chi connectivity index (χ4v) is 2.24. The van der Waals surface area contributed by atoms with Crippen molar-refractivity contribution in [1.29, 1.82) is 0 Å². The summed E-state index contributed by atoms with van der Waals surface area (Å²) in [6.07, 6.45) is 9.35. The standard InChI is InChI=1S/C14H20N4O/c1-2-9-15-13(19)12-8-10-16-14(18-12)17-11-6-4-3-5-7-11/h2,8,10-11H,1,3-7,9H2,(H,15,19)(H,16,17,18). The lowest BCUT2D eigenvalue weighted by molar-refractivity contribution is 0.0953. The number of carbonyl (C=O) groups excluding carboxylic acids is 1.